The van der Waals surface area contributed by atoms with E-state index in [1.807, 2.05) is 30.3 Å². The summed E-state index contributed by atoms with van der Waals surface area (Å²) in [5, 5.41) is 8.05. The number of benzene rings is 2. The van der Waals surface area contributed by atoms with Crippen molar-refractivity contribution in [3.63, 3.8) is 0 Å². The van der Waals surface area contributed by atoms with Crippen molar-refractivity contribution in [2.75, 3.05) is 12.8 Å². The molecule has 9 nitrogen and oxygen atoms in total. The molecular weight excluding hydrogens is 400 g/mol. The molecule has 2 aromatic carbocycles. The van der Waals surface area contributed by atoms with E-state index < -0.39 is 11.9 Å². The van der Waals surface area contributed by atoms with Gasteiger partial charge in [-0.05, 0) is 29.2 Å². The van der Waals surface area contributed by atoms with Crippen molar-refractivity contribution < 1.29 is 24.2 Å². The second kappa shape index (κ2) is 11.9. The number of hydrogen-bond acceptors (Lipinski definition) is 8. The SMILES string of the molecule is COC(=O)CCC(=O)O.Cc1c(COc2ncnc(N)n2)cccc1-c1ccccc1. The van der Waals surface area contributed by atoms with Crippen molar-refractivity contribution in [3.8, 4) is 17.1 Å². The molecule has 1 aromatic heterocycles. The number of anilines is 1. The third-order valence-electron chi connectivity index (χ3n) is 4.23. The van der Waals surface area contributed by atoms with E-state index in [1.165, 1.54) is 30.1 Å². The highest BCUT2D eigenvalue weighted by atomic mass is 16.5. The highest BCUT2D eigenvalue weighted by Gasteiger charge is 2.08. The zero-order valence-electron chi connectivity index (χ0n) is 17.3. The van der Waals surface area contributed by atoms with Gasteiger partial charge in [0.1, 0.15) is 12.9 Å². The molecule has 0 saturated heterocycles. The molecule has 31 heavy (non-hydrogen) atoms. The number of nitrogen functional groups attached to an aromatic ring is 1. The van der Waals surface area contributed by atoms with Gasteiger partial charge in [-0.15, -0.1) is 0 Å². The Balaban J connectivity index is 0.000000323. The van der Waals surface area contributed by atoms with Crippen LogP contribution >= 0.6 is 0 Å². The van der Waals surface area contributed by atoms with Gasteiger partial charge in [-0.25, -0.2) is 4.98 Å². The molecule has 0 unspecified atom stereocenters. The molecule has 3 rings (SSSR count). The summed E-state index contributed by atoms with van der Waals surface area (Å²) in [5.74, 6) is -1.32. The Morgan fingerprint density at radius 2 is 1.77 bits per heavy atom. The average Bonchev–Trinajstić information content (AvgIpc) is 2.78. The van der Waals surface area contributed by atoms with Crippen molar-refractivity contribution in [1.82, 2.24) is 15.0 Å². The van der Waals surface area contributed by atoms with Gasteiger partial charge in [0.2, 0.25) is 5.95 Å². The predicted molar refractivity (Wildman–Crippen MR) is 114 cm³/mol. The van der Waals surface area contributed by atoms with Gasteiger partial charge in [-0.2, -0.15) is 9.97 Å². The van der Waals surface area contributed by atoms with E-state index in [4.69, 9.17) is 15.6 Å². The molecule has 1 heterocycles. The van der Waals surface area contributed by atoms with Crippen molar-refractivity contribution >= 4 is 17.9 Å². The molecule has 0 saturated carbocycles. The zero-order chi connectivity index (χ0) is 22.6. The van der Waals surface area contributed by atoms with Crippen molar-refractivity contribution in [1.29, 1.82) is 0 Å². The van der Waals surface area contributed by atoms with Crippen LogP contribution in [0.5, 0.6) is 6.01 Å². The summed E-state index contributed by atoms with van der Waals surface area (Å²) < 4.78 is 9.80. The van der Waals surface area contributed by atoms with Crippen LogP contribution in [0.2, 0.25) is 0 Å². The molecular formula is C22H24N4O5. The number of aliphatic carboxylic acids is 1. The highest BCUT2D eigenvalue weighted by molar-refractivity contribution is 5.76. The monoisotopic (exact) mass is 424 g/mol. The Bertz CT molecular complexity index is 1010. The average molecular weight is 424 g/mol. The van der Waals surface area contributed by atoms with Crippen LogP contribution in [0.25, 0.3) is 11.1 Å². The van der Waals surface area contributed by atoms with E-state index in [2.05, 4.69) is 44.8 Å². The van der Waals surface area contributed by atoms with Crippen LogP contribution in [0, 0.1) is 6.92 Å². The number of rotatable bonds is 7. The fourth-order valence-electron chi connectivity index (χ4n) is 2.59. The Labute approximate surface area is 179 Å². The molecule has 0 radical (unpaired) electrons. The van der Waals surface area contributed by atoms with Crippen LogP contribution in [0.4, 0.5) is 5.95 Å². The number of carbonyl (C=O) groups excluding carboxylic acids is 1. The van der Waals surface area contributed by atoms with E-state index in [9.17, 15) is 9.59 Å². The molecule has 0 atom stereocenters. The van der Waals surface area contributed by atoms with Gasteiger partial charge in [0.05, 0.1) is 20.0 Å². The minimum absolute atomic E-state index is 0.0498. The number of nitrogens with two attached hydrogens (primary N) is 1. The third-order valence-corrected chi connectivity index (χ3v) is 4.23. The largest absolute Gasteiger partial charge is 0.481 e. The van der Waals surface area contributed by atoms with Crippen LogP contribution in [0.15, 0.2) is 54.9 Å². The lowest BCUT2D eigenvalue weighted by atomic mass is 9.97. The first-order valence-electron chi connectivity index (χ1n) is 9.40. The van der Waals surface area contributed by atoms with E-state index in [1.54, 1.807) is 0 Å². The Hall–Kier alpha value is -4.01. The molecule has 0 fully saturated rings. The zero-order valence-corrected chi connectivity index (χ0v) is 17.3. The minimum atomic E-state index is -0.986. The van der Waals surface area contributed by atoms with Crippen LogP contribution in [0.3, 0.4) is 0 Å². The normalized spacial score (nSPS) is 9.87. The summed E-state index contributed by atoms with van der Waals surface area (Å²) in [6.45, 7) is 2.47. The predicted octanol–water partition coefficient (Wildman–Crippen LogP) is 3.03. The van der Waals surface area contributed by atoms with E-state index >= 15 is 0 Å². The van der Waals surface area contributed by atoms with Gasteiger partial charge in [-0.3, -0.25) is 9.59 Å². The number of methoxy groups -OCH3 is 1. The molecule has 0 spiro atoms. The van der Waals surface area contributed by atoms with E-state index in [0.29, 0.717) is 6.61 Å². The van der Waals surface area contributed by atoms with Crippen LogP contribution in [0.1, 0.15) is 24.0 Å². The maximum atomic E-state index is 10.2. The van der Waals surface area contributed by atoms with E-state index in [-0.39, 0.29) is 24.8 Å². The molecule has 0 aliphatic heterocycles. The number of carboxylic acid groups (broad SMARTS) is 1. The minimum Gasteiger partial charge on any atom is -0.481 e. The van der Waals surface area contributed by atoms with Crippen LogP contribution in [-0.2, 0) is 20.9 Å². The van der Waals surface area contributed by atoms with Gasteiger partial charge in [-0.1, -0.05) is 48.5 Å². The standard InChI is InChI=1S/C17H16N4O.C5H8O4/c1-12-14(10-22-17-20-11-19-16(18)21-17)8-5-9-15(12)13-6-3-2-4-7-13;1-9-5(8)3-2-4(6)7/h2-9,11H,10H2,1H3,(H2,18,19,20,21);2-3H2,1H3,(H,6,7). The maximum Gasteiger partial charge on any atom is 0.321 e. The van der Waals surface area contributed by atoms with Gasteiger partial charge >= 0.3 is 17.9 Å². The number of aromatic nitrogens is 3. The van der Waals surface area contributed by atoms with Gasteiger partial charge in [0, 0.05) is 0 Å². The Kier molecular flexibility index (Phi) is 8.90. The lowest BCUT2D eigenvalue weighted by Gasteiger charge is -2.12. The quantitative estimate of drug-likeness (QED) is 0.548. The number of hydrogen-bond donors (Lipinski definition) is 2. The van der Waals surface area contributed by atoms with Gasteiger partial charge in [0.25, 0.3) is 0 Å². The lowest BCUT2D eigenvalue weighted by Crippen LogP contribution is -2.04. The number of esters is 1. The second-order valence-electron chi connectivity index (χ2n) is 6.34. The summed E-state index contributed by atoms with van der Waals surface area (Å²) in [4.78, 5) is 31.7. The summed E-state index contributed by atoms with van der Waals surface area (Å²) >= 11 is 0. The molecule has 3 aromatic rings. The molecule has 3 N–H and O–H groups in total. The van der Waals surface area contributed by atoms with Gasteiger partial charge in [0.15, 0.2) is 0 Å². The number of carboxylic acids is 1. The summed E-state index contributed by atoms with van der Waals surface area (Å²) in [6.07, 6.45) is 1.13. The molecule has 0 amide bonds. The third kappa shape index (κ3) is 7.73. The Morgan fingerprint density at radius 1 is 1.03 bits per heavy atom. The molecule has 9 heteroatoms. The molecule has 0 aliphatic rings. The first-order valence-corrected chi connectivity index (χ1v) is 9.40. The summed E-state index contributed by atoms with van der Waals surface area (Å²) in [5.41, 5.74) is 10.2. The summed E-state index contributed by atoms with van der Waals surface area (Å²) in [7, 11) is 1.23. The van der Waals surface area contributed by atoms with Crippen LogP contribution in [-0.4, -0.2) is 39.1 Å². The second-order valence-corrected chi connectivity index (χ2v) is 6.34. The number of ether oxygens (including phenoxy) is 2. The van der Waals surface area contributed by atoms with E-state index in [0.717, 1.165) is 5.56 Å². The molecule has 162 valence electrons. The molecule has 0 aliphatic carbocycles. The van der Waals surface area contributed by atoms with Crippen LogP contribution < -0.4 is 10.5 Å². The fourth-order valence-corrected chi connectivity index (χ4v) is 2.59. The first-order chi connectivity index (χ1) is 14.9. The highest BCUT2D eigenvalue weighted by Crippen LogP contribution is 2.26. The van der Waals surface area contributed by atoms with Gasteiger partial charge < -0.3 is 20.3 Å². The summed E-state index contributed by atoms with van der Waals surface area (Å²) in [6, 6.07) is 16.7. The van der Waals surface area contributed by atoms with Crippen molar-refractivity contribution in [2.24, 2.45) is 0 Å². The number of nitrogens with zero attached hydrogens (tertiary/aromatic N) is 3. The lowest BCUT2D eigenvalue weighted by molar-refractivity contribution is -0.145. The first kappa shape index (κ1) is 23.3. The molecule has 0 bridgehead atoms. The van der Waals surface area contributed by atoms with Crippen molar-refractivity contribution in [3.05, 3.63) is 66.0 Å². The topological polar surface area (TPSA) is 138 Å². The van der Waals surface area contributed by atoms with Crippen molar-refractivity contribution in [2.45, 2.75) is 26.4 Å². The Morgan fingerprint density at radius 3 is 2.42 bits per heavy atom. The fraction of sp³-hybridized carbons (Fsp3) is 0.227. The number of carbonyl (C=O) groups is 2. The maximum absolute atomic E-state index is 10.2. The smallest absolute Gasteiger partial charge is 0.321 e.